The van der Waals surface area contributed by atoms with Crippen LogP contribution < -0.4 is 10.6 Å². The number of hydrogen-bond donors (Lipinski definition) is 2. The summed E-state index contributed by atoms with van der Waals surface area (Å²) in [4.78, 5) is 29.4. The molecule has 2 aromatic heterocycles. The lowest BCUT2D eigenvalue weighted by atomic mass is 10.2. The molecular weight excluding hydrogens is 420 g/mol. The van der Waals surface area contributed by atoms with E-state index in [0.29, 0.717) is 0 Å². The highest BCUT2D eigenvalue weighted by Crippen LogP contribution is 2.25. The van der Waals surface area contributed by atoms with E-state index < -0.39 is 30.1 Å². The summed E-state index contributed by atoms with van der Waals surface area (Å²) in [5, 5.41) is 7.94. The second-order valence-electron chi connectivity index (χ2n) is 6.28. The second kappa shape index (κ2) is 7.85. The Morgan fingerprint density at radius 1 is 1.31 bits per heavy atom. The Morgan fingerprint density at radius 2 is 2.03 bits per heavy atom. The van der Waals surface area contributed by atoms with Crippen LogP contribution in [-0.2, 0) is 13.1 Å². The zero-order chi connectivity index (χ0) is 21.3. The van der Waals surface area contributed by atoms with Crippen LogP contribution in [0.1, 0.15) is 23.0 Å². The molecule has 0 fully saturated rings. The number of fused-ring (bicyclic) bond motifs is 1. The summed E-state index contributed by atoms with van der Waals surface area (Å²) >= 11 is 5.76. The smallest absolute Gasteiger partial charge is 0.340 e. The molecule has 29 heavy (non-hydrogen) atoms. The molecule has 3 amide bonds. The van der Waals surface area contributed by atoms with Gasteiger partial charge >= 0.3 is 12.2 Å². The van der Waals surface area contributed by atoms with Crippen molar-refractivity contribution in [2.75, 3.05) is 11.9 Å². The van der Waals surface area contributed by atoms with Crippen LogP contribution in [0, 0.1) is 5.95 Å². The fraction of sp³-hybridized carbons (Fsp3) is 0.375. The number of rotatable bonds is 3. The number of carbonyl (C=O) groups excluding carboxylic acids is 2. The average molecular weight is 435 g/mol. The molecule has 2 N–H and O–H groups in total. The van der Waals surface area contributed by atoms with Gasteiger partial charge in [-0.3, -0.25) is 9.48 Å². The molecule has 1 aliphatic heterocycles. The first-order valence-electron chi connectivity index (χ1n) is 8.36. The van der Waals surface area contributed by atoms with E-state index in [4.69, 9.17) is 11.6 Å². The van der Waals surface area contributed by atoms with Gasteiger partial charge in [-0.1, -0.05) is 11.6 Å². The average Bonchev–Trinajstić information content (AvgIpc) is 3.07. The summed E-state index contributed by atoms with van der Waals surface area (Å²) in [7, 11) is 0. The number of carbonyl (C=O) groups is 2. The molecule has 13 heteroatoms. The predicted octanol–water partition coefficient (Wildman–Crippen LogP) is 2.80. The fourth-order valence-electron chi connectivity index (χ4n) is 2.67. The summed E-state index contributed by atoms with van der Waals surface area (Å²) in [6, 6.07) is -1.35. The standard InChI is InChI=1S/C16H15ClF4N6O2/c1-8(16(19,20)21)24-14(28)9-6-23-27-5-4-26(7-11(9)27)15(29)25-10-2-3-22-13(18)12(10)17/h2-3,6,8H,4-5,7H2,1H3,(H,24,28)(H,22,25,29). The molecule has 2 aromatic rings. The molecule has 0 saturated carbocycles. The van der Waals surface area contributed by atoms with Crippen LogP contribution in [0.15, 0.2) is 18.5 Å². The second-order valence-corrected chi connectivity index (χ2v) is 6.66. The van der Waals surface area contributed by atoms with E-state index in [1.165, 1.54) is 15.6 Å². The Morgan fingerprint density at radius 3 is 2.72 bits per heavy atom. The number of urea groups is 1. The number of hydrogen-bond acceptors (Lipinski definition) is 4. The summed E-state index contributed by atoms with van der Waals surface area (Å²) in [5.74, 6) is -1.89. The number of pyridine rings is 1. The molecule has 3 rings (SSSR count). The Kier molecular flexibility index (Phi) is 5.64. The third-order valence-electron chi connectivity index (χ3n) is 4.33. The normalized spacial score (nSPS) is 14.9. The summed E-state index contributed by atoms with van der Waals surface area (Å²) in [6.07, 6.45) is -2.30. The molecule has 0 spiro atoms. The maximum atomic E-state index is 13.4. The molecule has 0 aromatic carbocycles. The Bertz CT molecular complexity index is 948. The van der Waals surface area contributed by atoms with Crippen LogP contribution in [0.25, 0.3) is 0 Å². The van der Waals surface area contributed by atoms with Gasteiger partial charge in [0.2, 0.25) is 5.95 Å². The largest absolute Gasteiger partial charge is 0.408 e. The van der Waals surface area contributed by atoms with Gasteiger partial charge in [0.05, 0.1) is 36.2 Å². The number of nitrogens with zero attached hydrogens (tertiary/aromatic N) is 4. The van der Waals surface area contributed by atoms with Crippen LogP contribution >= 0.6 is 11.6 Å². The van der Waals surface area contributed by atoms with Gasteiger partial charge in [0.25, 0.3) is 5.91 Å². The first-order chi connectivity index (χ1) is 13.6. The quantitative estimate of drug-likeness (QED) is 0.574. The molecule has 3 heterocycles. The lowest BCUT2D eigenvalue weighted by Crippen LogP contribution is -2.44. The van der Waals surface area contributed by atoms with E-state index in [1.807, 2.05) is 5.32 Å². The summed E-state index contributed by atoms with van der Waals surface area (Å²) < 4.78 is 52.9. The van der Waals surface area contributed by atoms with Gasteiger partial charge in [-0.25, -0.2) is 9.78 Å². The van der Waals surface area contributed by atoms with Crippen molar-refractivity contribution < 1.29 is 27.2 Å². The number of aromatic nitrogens is 3. The first-order valence-corrected chi connectivity index (χ1v) is 8.74. The summed E-state index contributed by atoms with van der Waals surface area (Å²) in [6.45, 7) is 1.18. The molecule has 0 bridgehead atoms. The van der Waals surface area contributed by atoms with Crippen LogP contribution in [0.2, 0.25) is 5.02 Å². The van der Waals surface area contributed by atoms with Crippen LogP contribution in [0.4, 0.5) is 28.0 Å². The molecular formula is C16H15ClF4N6O2. The van der Waals surface area contributed by atoms with Crippen molar-refractivity contribution in [3.8, 4) is 0 Å². The molecule has 0 radical (unpaired) electrons. The minimum Gasteiger partial charge on any atom is -0.340 e. The van der Waals surface area contributed by atoms with E-state index in [2.05, 4.69) is 15.4 Å². The molecule has 1 aliphatic rings. The maximum absolute atomic E-state index is 13.4. The van der Waals surface area contributed by atoms with Gasteiger partial charge in [-0.2, -0.15) is 22.7 Å². The van der Waals surface area contributed by atoms with Crippen molar-refractivity contribution in [1.29, 1.82) is 0 Å². The minimum absolute atomic E-state index is 0.0141. The highest BCUT2D eigenvalue weighted by Gasteiger charge is 2.38. The van der Waals surface area contributed by atoms with Crippen molar-refractivity contribution in [3.05, 3.63) is 40.7 Å². The molecule has 156 valence electrons. The Labute approximate surface area is 166 Å². The van der Waals surface area contributed by atoms with Gasteiger partial charge in [0, 0.05) is 12.7 Å². The van der Waals surface area contributed by atoms with Crippen molar-refractivity contribution >= 4 is 29.2 Å². The van der Waals surface area contributed by atoms with Gasteiger partial charge in [0.1, 0.15) is 11.1 Å². The number of nitrogens with one attached hydrogen (secondary N) is 2. The molecule has 0 aliphatic carbocycles. The summed E-state index contributed by atoms with van der Waals surface area (Å²) in [5.41, 5.74) is 0.233. The first kappa shape index (κ1) is 20.8. The molecule has 1 atom stereocenters. The van der Waals surface area contributed by atoms with Crippen LogP contribution in [-0.4, -0.2) is 50.4 Å². The van der Waals surface area contributed by atoms with E-state index in [1.54, 1.807) is 0 Å². The highest BCUT2D eigenvalue weighted by molar-refractivity contribution is 6.33. The zero-order valence-corrected chi connectivity index (χ0v) is 15.7. The van der Waals surface area contributed by atoms with Gasteiger partial charge < -0.3 is 15.5 Å². The zero-order valence-electron chi connectivity index (χ0n) is 14.9. The third kappa shape index (κ3) is 4.42. The Hall–Kier alpha value is -2.89. The Balaban J connectivity index is 1.73. The lowest BCUT2D eigenvalue weighted by Gasteiger charge is -2.28. The SMILES string of the molecule is CC(NC(=O)c1cnn2c1CN(C(=O)Nc1ccnc(F)c1Cl)CC2)C(F)(F)F. The van der Waals surface area contributed by atoms with E-state index >= 15 is 0 Å². The van der Waals surface area contributed by atoms with Crippen LogP contribution in [0.5, 0.6) is 0 Å². The van der Waals surface area contributed by atoms with Gasteiger partial charge in [-0.15, -0.1) is 0 Å². The number of amides is 3. The van der Waals surface area contributed by atoms with E-state index in [0.717, 1.165) is 19.3 Å². The number of halogens is 5. The van der Waals surface area contributed by atoms with Crippen molar-refractivity contribution in [2.45, 2.75) is 32.2 Å². The van der Waals surface area contributed by atoms with Gasteiger partial charge in [-0.05, 0) is 13.0 Å². The maximum Gasteiger partial charge on any atom is 0.408 e. The predicted molar refractivity (Wildman–Crippen MR) is 93.8 cm³/mol. The number of anilines is 1. The van der Waals surface area contributed by atoms with E-state index in [9.17, 15) is 27.2 Å². The van der Waals surface area contributed by atoms with Gasteiger partial charge in [0.15, 0.2) is 0 Å². The van der Waals surface area contributed by atoms with Crippen LogP contribution in [0.3, 0.4) is 0 Å². The van der Waals surface area contributed by atoms with Crippen molar-refractivity contribution in [1.82, 2.24) is 25.0 Å². The fourth-order valence-corrected chi connectivity index (χ4v) is 2.83. The topological polar surface area (TPSA) is 92.2 Å². The third-order valence-corrected chi connectivity index (χ3v) is 4.69. The van der Waals surface area contributed by atoms with Crippen molar-refractivity contribution in [2.24, 2.45) is 0 Å². The molecule has 8 nitrogen and oxygen atoms in total. The van der Waals surface area contributed by atoms with E-state index in [-0.39, 0.29) is 41.6 Å². The molecule has 1 unspecified atom stereocenters. The number of alkyl halides is 3. The highest BCUT2D eigenvalue weighted by atomic mass is 35.5. The lowest BCUT2D eigenvalue weighted by molar-refractivity contribution is -0.149. The monoisotopic (exact) mass is 434 g/mol. The molecule has 0 saturated heterocycles. The minimum atomic E-state index is -4.59. The van der Waals surface area contributed by atoms with Crippen molar-refractivity contribution in [3.63, 3.8) is 0 Å².